The van der Waals surface area contributed by atoms with Gasteiger partial charge in [-0.1, -0.05) is 0 Å². The number of carbonyl (C=O) groups excluding carboxylic acids is 2. The number of nitrogens with one attached hydrogen (secondary N) is 1. The molecule has 3 aromatic rings. The number of aliphatic hydroxyl groups is 1. The van der Waals surface area contributed by atoms with E-state index in [2.05, 4.69) is 20.1 Å². The molecule has 10 nitrogen and oxygen atoms in total. The van der Waals surface area contributed by atoms with Crippen LogP contribution in [0.25, 0.3) is 16.7 Å². The SMILES string of the molecule is CCOC(=O)C(=O)c1c[nH]c2c(-n3cnc(CO)n3)ncc(OC)c12. The fourth-order valence-electron chi connectivity index (χ4n) is 2.39. The number of aliphatic hydroxyl groups excluding tert-OH is 1. The van der Waals surface area contributed by atoms with Gasteiger partial charge >= 0.3 is 5.97 Å². The van der Waals surface area contributed by atoms with Crippen LogP contribution >= 0.6 is 0 Å². The summed E-state index contributed by atoms with van der Waals surface area (Å²) < 4.78 is 11.4. The lowest BCUT2D eigenvalue weighted by Gasteiger charge is -2.07. The molecule has 10 heteroatoms. The first-order valence-electron chi connectivity index (χ1n) is 7.38. The van der Waals surface area contributed by atoms with E-state index in [4.69, 9.17) is 14.6 Å². The van der Waals surface area contributed by atoms with Gasteiger partial charge in [-0.05, 0) is 6.92 Å². The van der Waals surface area contributed by atoms with Crippen molar-refractivity contribution in [1.29, 1.82) is 0 Å². The fraction of sp³-hybridized carbons (Fsp3) is 0.267. The number of H-pyrrole nitrogens is 1. The Hall–Kier alpha value is -3.27. The van der Waals surface area contributed by atoms with Crippen LogP contribution in [0.15, 0.2) is 18.7 Å². The molecule has 0 fully saturated rings. The van der Waals surface area contributed by atoms with E-state index in [0.29, 0.717) is 22.5 Å². The molecule has 0 spiro atoms. The summed E-state index contributed by atoms with van der Waals surface area (Å²) in [4.78, 5) is 35.2. The molecule has 0 unspecified atom stereocenters. The number of fused-ring (bicyclic) bond motifs is 1. The number of nitrogens with zero attached hydrogens (tertiary/aromatic N) is 4. The van der Waals surface area contributed by atoms with Gasteiger partial charge in [0.15, 0.2) is 11.6 Å². The van der Waals surface area contributed by atoms with Crippen molar-refractivity contribution in [3.05, 3.63) is 30.1 Å². The Bertz CT molecular complexity index is 945. The number of pyridine rings is 1. The summed E-state index contributed by atoms with van der Waals surface area (Å²) in [6.45, 7) is 1.40. The van der Waals surface area contributed by atoms with Gasteiger partial charge in [0.25, 0.3) is 5.78 Å². The molecule has 130 valence electrons. The van der Waals surface area contributed by atoms with E-state index in [0.717, 1.165) is 0 Å². The Morgan fingerprint density at radius 2 is 2.16 bits per heavy atom. The topological polar surface area (TPSA) is 132 Å². The first kappa shape index (κ1) is 16.6. The summed E-state index contributed by atoms with van der Waals surface area (Å²) in [5.41, 5.74) is 0.540. The predicted octanol–water partition coefficient (Wildman–Crippen LogP) is 0.390. The van der Waals surface area contributed by atoms with Crippen LogP contribution in [0.3, 0.4) is 0 Å². The number of Topliss-reactive ketones (excluding diaryl/α,β-unsaturated/α-hetero) is 1. The van der Waals surface area contributed by atoms with Crippen LogP contribution in [-0.4, -0.2) is 55.3 Å². The molecule has 3 aromatic heterocycles. The summed E-state index contributed by atoms with van der Waals surface area (Å²) in [6, 6.07) is 0. The van der Waals surface area contributed by atoms with Gasteiger partial charge in [0, 0.05) is 6.20 Å². The molecular formula is C15H15N5O5. The maximum Gasteiger partial charge on any atom is 0.379 e. The molecule has 0 saturated carbocycles. The second kappa shape index (κ2) is 6.69. The van der Waals surface area contributed by atoms with Crippen LogP contribution in [0.1, 0.15) is 23.1 Å². The van der Waals surface area contributed by atoms with Gasteiger partial charge in [-0.15, -0.1) is 5.10 Å². The number of aromatic nitrogens is 5. The van der Waals surface area contributed by atoms with Gasteiger partial charge in [-0.2, -0.15) is 0 Å². The molecule has 3 heterocycles. The number of rotatable bonds is 6. The van der Waals surface area contributed by atoms with Crippen LogP contribution < -0.4 is 4.74 Å². The third kappa shape index (κ3) is 2.83. The molecule has 0 amide bonds. The van der Waals surface area contributed by atoms with E-state index in [9.17, 15) is 9.59 Å². The van der Waals surface area contributed by atoms with Crippen LogP contribution in [0, 0.1) is 0 Å². The summed E-state index contributed by atoms with van der Waals surface area (Å²) >= 11 is 0. The number of ether oxygens (including phenoxy) is 2. The number of hydrogen-bond donors (Lipinski definition) is 2. The predicted molar refractivity (Wildman–Crippen MR) is 84.4 cm³/mol. The first-order valence-corrected chi connectivity index (χ1v) is 7.38. The maximum absolute atomic E-state index is 12.3. The van der Waals surface area contributed by atoms with Crippen molar-refractivity contribution in [2.75, 3.05) is 13.7 Å². The highest BCUT2D eigenvalue weighted by Gasteiger charge is 2.25. The number of hydrogen-bond acceptors (Lipinski definition) is 8. The summed E-state index contributed by atoms with van der Waals surface area (Å²) in [5.74, 6) is -0.869. The van der Waals surface area contributed by atoms with E-state index in [1.165, 1.54) is 30.5 Å². The monoisotopic (exact) mass is 345 g/mol. The zero-order valence-corrected chi connectivity index (χ0v) is 13.5. The zero-order valence-electron chi connectivity index (χ0n) is 13.5. The zero-order chi connectivity index (χ0) is 18.0. The molecule has 0 aliphatic heterocycles. The van der Waals surface area contributed by atoms with E-state index in [1.54, 1.807) is 6.92 Å². The smallest absolute Gasteiger partial charge is 0.379 e. The lowest BCUT2D eigenvalue weighted by atomic mass is 10.1. The highest BCUT2D eigenvalue weighted by molar-refractivity contribution is 6.43. The molecule has 25 heavy (non-hydrogen) atoms. The van der Waals surface area contributed by atoms with Crippen LogP contribution in [0.5, 0.6) is 5.75 Å². The van der Waals surface area contributed by atoms with Crippen molar-refractivity contribution in [2.45, 2.75) is 13.5 Å². The molecule has 0 aliphatic rings. The Morgan fingerprint density at radius 3 is 2.80 bits per heavy atom. The normalized spacial score (nSPS) is 10.8. The third-order valence-corrected chi connectivity index (χ3v) is 3.48. The Labute approximate surface area is 141 Å². The van der Waals surface area contributed by atoms with E-state index >= 15 is 0 Å². The Balaban J connectivity index is 2.17. The highest BCUT2D eigenvalue weighted by Crippen LogP contribution is 2.31. The van der Waals surface area contributed by atoms with Crippen LogP contribution in [0.2, 0.25) is 0 Å². The maximum atomic E-state index is 12.3. The number of methoxy groups -OCH3 is 1. The van der Waals surface area contributed by atoms with Gasteiger partial charge in [0.05, 0.1) is 36.4 Å². The average molecular weight is 345 g/mol. The minimum Gasteiger partial charge on any atom is -0.494 e. The molecule has 2 N–H and O–H groups in total. The summed E-state index contributed by atoms with van der Waals surface area (Å²) in [6.07, 6.45) is 4.18. The van der Waals surface area contributed by atoms with Crippen molar-refractivity contribution < 1.29 is 24.2 Å². The Kier molecular flexibility index (Phi) is 4.44. The van der Waals surface area contributed by atoms with Crippen molar-refractivity contribution >= 4 is 22.7 Å². The largest absolute Gasteiger partial charge is 0.494 e. The van der Waals surface area contributed by atoms with Gasteiger partial charge in [-0.25, -0.2) is 19.4 Å². The fourth-order valence-corrected chi connectivity index (χ4v) is 2.39. The number of carbonyl (C=O) groups is 2. The molecule has 3 rings (SSSR count). The van der Waals surface area contributed by atoms with E-state index in [1.807, 2.05) is 0 Å². The number of aromatic amines is 1. The molecular weight excluding hydrogens is 330 g/mol. The molecule has 0 atom stereocenters. The van der Waals surface area contributed by atoms with Gasteiger partial charge in [0.1, 0.15) is 18.7 Å². The summed E-state index contributed by atoms with van der Waals surface area (Å²) in [5, 5.41) is 13.6. The third-order valence-electron chi connectivity index (χ3n) is 3.48. The van der Waals surface area contributed by atoms with Crippen molar-refractivity contribution in [2.24, 2.45) is 0 Å². The molecule has 0 aromatic carbocycles. The molecule has 0 bridgehead atoms. The van der Waals surface area contributed by atoms with Crippen LogP contribution in [-0.2, 0) is 16.1 Å². The molecule has 0 radical (unpaired) electrons. The average Bonchev–Trinajstić information content (AvgIpc) is 3.27. The van der Waals surface area contributed by atoms with Crippen molar-refractivity contribution in [1.82, 2.24) is 24.7 Å². The summed E-state index contributed by atoms with van der Waals surface area (Å²) in [7, 11) is 1.43. The highest BCUT2D eigenvalue weighted by atomic mass is 16.5. The van der Waals surface area contributed by atoms with Crippen molar-refractivity contribution in [3.8, 4) is 11.6 Å². The molecule has 0 saturated heterocycles. The van der Waals surface area contributed by atoms with Crippen LogP contribution in [0.4, 0.5) is 0 Å². The number of ketones is 1. The minimum atomic E-state index is -0.952. The lowest BCUT2D eigenvalue weighted by molar-refractivity contribution is -0.137. The van der Waals surface area contributed by atoms with Gasteiger partial charge in [-0.3, -0.25) is 4.79 Å². The second-order valence-corrected chi connectivity index (χ2v) is 4.92. The Morgan fingerprint density at radius 1 is 1.36 bits per heavy atom. The quantitative estimate of drug-likeness (QED) is 0.372. The second-order valence-electron chi connectivity index (χ2n) is 4.92. The molecule has 0 aliphatic carbocycles. The van der Waals surface area contributed by atoms with E-state index in [-0.39, 0.29) is 24.6 Å². The number of esters is 1. The van der Waals surface area contributed by atoms with Gasteiger partial charge < -0.3 is 19.6 Å². The lowest BCUT2D eigenvalue weighted by Crippen LogP contribution is -2.17. The minimum absolute atomic E-state index is 0.0970. The standard InChI is InChI=1S/C15H15N5O5/c1-3-25-15(23)13(22)8-4-16-12-11(8)9(24-2)5-17-14(12)20-7-18-10(6-21)19-20/h4-5,7,16,21H,3,6H2,1-2H3. The van der Waals surface area contributed by atoms with Crippen molar-refractivity contribution in [3.63, 3.8) is 0 Å². The van der Waals surface area contributed by atoms with Gasteiger partial charge in [0.2, 0.25) is 0 Å². The first-order chi connectivity index (χ1) is 12.1. The van der Waals surface area contributed by atoms with E-state index < -0.39 is 11.8 Å².